The maximum absolute atomic E-state index is 5.46. The first-order valence-corrected chi connectivity index (χ1v) is 5.50. The molecule has 1 aromatic rings. The molecule has 0 aromatic carbocycles. The molecule has 0 bridgehead atoms. The zero-order valence-electron chi connectivity index (χ0n) is 8.49. The van der Waals surface area contributed by atoms with Crippen molar-refractivity contribution in [2.75, 3.05) is 0 Å². The summed E-state index contributed by atoms with van der Waals surface area (Å²) in [6, 6.07) is 0.746. The number of nitrogens with one attached hydrogen (secondary N) is 1. The Kier molecular flexibility index (Phi) is 1.87. The fourth-order valence-electron chi connectivity index (χ4n) is 1.93. The molecule has 2 unspecified atom stereocenters. The van der Waals surface area contributed by atoms with E-state index in [9.17, 15) is 0 Å². The molecule has 0 amide bonds. The predicted molar refractivity (Wildman–Crippen MR) is 52.9 cm³/mol. The van der Waals surface area contributed by atoms with E-state index in [1.54, 1.807) is 6.39 Å². The number of rotatable bonds is 4. The molecule has 2 aliphatic rings. The molecule has 14 heavy (non-hydrogen) atoms. The lowest BCUT2D eigenvalue weighted by molar-refractivity contribution is 0.494. The SMILES string of the molecule is CC1CC1c1ocnc1CNC1CC1. The quantitative estimate of drug-likeness (QED) is 0.793. The number of hydrogen-bond acceptors (Lipinski definition) is 3. The molecule has 1 heterocycles. The van der Waals surface area contributed by atoms with Gasteiger partial charge in [-0.15, -0.1) is 0 Å². The van der Waals surface area contributed by atoms with Crippen LogP contribution in [-0.2, 0) is 6.54 Å². The fourth-order valence-corrected chi connectivity index (χ4v) is 1.93. The topological polar surface area (TPSA) is 38.1 Å². The number of hydrogen-bond donors (Lipinski definition) is 1. The summed E-state index contributed by atoms with van der Waals surface area (Å²) in [5.41, 5.74) is 1.13. The van der Waals surface area contributed by atoms with Gasteiger partial charge in [0.1, 0.15) is 5.76 Å². The standard InChI is InChI=1S/C11H16N2O/c1-7-4-9(7)11-10(13-6-14-11)5-12-8-2-3-8/h6-9,12H,2-5H2,1H3. The van der Waals surface area contributed by atoms with Gasteiger partial charge in [0.25, 0.3) is 0 Å². The third-order valence-electron chi connectivity index (χ3n) is 3.25. The van der Waals surface area contributed by atoms with Gasteiger partial charge in [0.05, 0.1) is 5.69 Å². The fraction of sp³-hybridized carbons (Fsp3) is 0.727. The lowest BCUT2D eigenvalue weighted by Gasteiger charge is -2.00. The van der Waals surface area contributed by atoms with E-state index in [1.165, 1.54) is 19.3 Å². The van der Waals surface area contributed by atoms with Crippen LogP contribution in [0.5, 0.6) is 0 Å². The Balaban J connectivity index is 1.66. The van der Waals surface area contributed by atoms with Crippen LogP contribution in [0.4, 0.5) is 0 Å². The Bertz CT molecular complexity index is 330. The van der Waals surface area contributed by atoms with Gasteiger partial charge in [0, 0.05) is 18.5 Å². The summed E-state index contributed by atoms with van der Waals surface area (Å²) in [5.74, 6) is 2.57. The van der Waals surface area contributed by atoms with Crippen LogP contribution in [0, 0.1) is 5.92 Å². The van der Waals surface area contributed by atoms with Gasteiger partial charge in [-0.3, -0.25) is 0 Å². The third-order valence-corrected chi connectivity index (χ3v) is 3.25. The second-order valence-electron chi connectivity index (χ2n) is 4.64. The van der Waals surface area contributed by atoms with E-state index in [0.717, 1.165) is 30.0 Å². The van der Waals surface area contributed by atoms with Crippen LogP contribution in [-0.4, -0.2) is 11.0 Å². The van der Waals surface area contributed by atoms with E-state index in [4.69, 9.17) is 4.42 Å². The molecule has 0 spiro atoms. The van der Waals surface area contributed by atoms with Crippen molar-refractivity contribution in [3.63, 3.8) is 0 Å². The molecular weight excluding hydrogens is 176 g/mol. The van der Waals surface area contributed by atoms with Gasteiger partial charge in [0.2, 0.25) is 0 Å². The van der Waals surface area contributed by atoms with Gasteiger partial charge in [-0.2, -0.15) is 0 Å². The molecule has 0 saturated heterocycles. The molecule has 0 aliphatic heterocycles. The maximum Gasteiger partial charge on any atom is 0.181 e. The van der Waals surface area contributed by atoms with Gasteiger partial charge in [-0.05, 0) is 25.2 Å². The Hall–Kier alpha value is -0.830. The molecule has 3 heteroatoms. The van der Waals surface area contributed by atoms with Crippen LogP contribution in [0.15, 0.2) is 10.8 Å². The first kappa shape index (κ1) is 8.48. The molecule has 1 aromatic heterocycles. The molecule has 2 saturated carbocycles. The van der Waals surface area contributed by atoms with Gasteiger partial charge in [0.15, 0.2) is 6.39 Å². The van der Waals surface area contributed by atoms with Crippen molar-refractivity contribution < 1.29 is 4.42 Å². The van der Waals surface area contributed by atoms with Crippen molar-refractivity contribution >= 4 is 0 Å². The average Bonchev–Trinajstić information content (AvgIpc) is 3.07. The van der Waals surface area contributed by atoms with Crippen LogP contribution >= 0.6 is 0 Å². The Morgan fingerprint density at radius 3 is 3.00 bits per heavy atom. The van der Waals surface area contributed by atoms with Crippen LogP contribution in [0.3, 0.4) is 0 Å². The van der Waals surface area contributed by atoms with E-state index in [-0.39, 0.29) is 0 Å². The smallest absolute Gasteiger partial charge is 0.181 e. The summed E-state index contributed by atoms with van der Waals surface area (Å²) in [4.78, 5) is 4.28. The zero-order chi connectivity index (χ0) is 9.54. The summed E-state index contributed by atoms with van der Waals surface area (Å²) >= 11 is 0. The zero-order valence-corrected chi connectivity index (χ0v) is 8.49. The Morgan fingerprint density at radius 2 is 2.36 bits per heavy atom. The maximum atomic E-state index is 5.46. The normalized spacial score (nSPS) is 30.6. The van der Waals surface area contributed by atoms with Crippen molar-refractivity contribution in [1.29, 1.82) is 0 Å². The summed E-state index contributed by atoms with van der Waals surface area (Å²) in [6.45, 7) is 3.16. The Morgan fingerprint density at radius 1 is 1.57 bits per heavy atom. The number of nitrogens with zero attached hydrogens (tertiary/aromatic N) is 1. The minimum Gasteiger partial charge on any atom is -0.448 e. The van der Waals surface area contributed by atoms with Gasteiger partial charge < -0.3 is 9.73 Å². The van der Waals surface area contributed by atoms with Crippen LogP contribution in [0.1, 0.15) is 43.6 Å². The van der Waals surface area contributed by atoms with Gasteiger partial charge in [-0.1, -0.05) is 6.92 Å². The lowest BCUT2D eigenvalue weighted by Crippen LogP contribution is -2.16. The molecule has 3 rings (SSSR count). The molecule has 2 fully saturated rings. The van der Waals surface area contributed by atoms with Crippen molar-refractivity contribution in [3.05, 3.63) is 17.8 Å². The first-order valence-electron chi connectivity index (χ1n) is 5.50. The molecule has 3 nitrogen and oxygen atoms in total. The van der Waals surface area contributed by atoms with E-state index in [0.29, 0.717) is 5.92 Å². The van der Waals surface area contributed by atoms with Crippen LogP contribution in [0.25, 0.3) is 0 Å². The lowest BCUT2D eigenvalue weighted by atomic mass is 10.2. The minimum absolute atomic E-state index is 0.647. The van der Waals surface area contributed by atoms with Crippen molar-refractivity contribution in [2.45, 2.75) is 44.7 Å². The van der Waals surface area contributed by atoms with Crippen LogP contribution in [0.2, 0.25) is 0 Å². The average molecular weight is 192 g/mol. The Labute approximate surface area is 83.9 Å². The number of aromatic nitrogens is 1. The monoisotopic (exact) mass is 192 g/mol. The highest BCUT2D eigenvalue weighted by atomic mass is 16.3. The summed E-state index contributed by atoms with van der Waals surface area (Å²) in [6.07, 6.45) is 5.51. The summed E-state index contributed by atoms with van der Waals surface area (Å²) in [7, 11) is 0. The van der Waals surface area contributed by atoms with E-state index in [2.05, 4.69) is 17.2 Å². The van der Waals surface area contributed by atoms with E-state index >= 15 is 0 Å². The highest BCUT2D eigenvalue weighted by Gasteiger charge is 2.38. The molecule has 76 valence electrons. The summed E-state index contributed by atoms with van der Waals surface area (Å²) in [5, 5.41) is 3.47. The van der Waals surface area contributed by atoms with Crippen molar-refractivity contribution in [3.8, 4) is 0 Å². The van der Waals surface area contributed by atoms with Crippen molar-refractivity contribution in [1.82, 2.24) is 10.3 Å². The molecule has 2 aliphatic carbocycles. The second kappa shape index (κ2) is 3.09. The number of oxazole rings is 1. The molecule has 2 atom stereocenters. The van der Waals surface area contributed by atoms with E-state index in [1.807, 2.05) is 0 Å². The highest BCUT2D eigenvalue weighted by Crippen LogP contribution is 2.47. The highest BCUT2D eigenvalue weighted by molar-refractivity contribution is 5.19. The van der Waals surface area contributed by atoms with E-state index < -0.39 is 0 Å². The van der Waals surface area contributed by atoms with Gasteiger partial charge >= 0.3 is 0 Å². The predicted octanol–water partition coefficient (Wildman–Crippen LogP) is 2.05. The first-order chi connectivity index (χ1) is 6.84. The van der Waals surface area contributed by atoms with Crippen molar-refractivity contribution in [2.24, 2.45) is 5.92 Å². The summed E-state index contributed by atoms with van der Waals surface area (Å²) < 4.78 is 5.46. The van der Waals surface area contributed by atoms with Gasteiger partial charge in [-0.25, -0.2) is 4.98 Å². The second-order valence-corrected chi connectivity index (χ2v) is 4.64. The third kappa shape index (κ3) is 1.57. The largest absolute Gasteiger partial charge is 0.448 e. The molecular formula is C11H16N2O. The van der Waals surface area contributed by atoms with Crippen LogP contribution < -0.4 is 5.32 Å². The minimum atomic E-state index is 0.647. The molecule has 1 N–H and O–H groups in total. The molecule has 0 radical (unpaired) electrons.